The highest BCUT2D eigenvalue weighted by Gasteiger charge is 2.29. The lowest BCUT2D eigenvalue weighted by Gasteiger charge is -2.32. The maximum atomic E-state index is 12.7. The van der Waals surface area contributed by atoms with Gasteiger partial charge in [-0.3, -0.25) is 4.79 Å². The average molecular weight is 317 g/mol. The van der Waals surface area contributed by atoms with Gasteiger partial charge >= 0.3 is 0 Å². The minimum Gasteiger partial charge on any atom is -0.388 e. The molecule has 2 heterocycles. The van der Waals surface area contributed by atoms with E-state index in [1.54, 1.807) is 12.3 Å². The number of hydrogen-bond donors (Lipinski definition) is 2. The number of pyridine rings is 1. The van der Waals surface area contributed by atoms with Crippen LogP contribution in [0.4, 0.5) is 5.82 Å². The van der Waals surface area contributed by atoms with Gasteiger partial charge in [-0.05, 0) is 44.2 Å². The number of amides is 1. The van der Waals surface area contributed by atoms with Gasteiger partial charge in [0.2, 0.25) is 0 Å². The number of anilines is 1. The monoisotopic (exact) mass is 317 g/mol. The van der Waals surface area contributed by atoms with Gasteiger partial charge in [-0.25, -0.2) is 4.98 Å². The number of aliphatic hydroxyl groups is 1. The molecule has 1 amide bonds. The van der Waals surface area contributed by atoms with Crippen molar-refractivity contribution in [1.82, 2.24) is 9.88 Å². The molecule has 5 nitrogen and oxygen atoms in total. The summed E-state index contributed by atoms with van der Waals surface area (Å²) in [6.07, 6.45) is 10.0. The first-order valence-electron chi connectivity index (χ1n) is 8.89. The van der Waals surface area contributed by atoms with Crippen LogP contribution in [0.3, 0.4) is 0 Å². The minimum absolute atomic E-state index is 0.0518. The number of nitrogens with one attached hydrogen (secondary N) is 1. The highest BCUT2D eigenvalue weighted by Crippen LogP contribution is 2.28. The summed E-state index contributed by atoms with van der Waals surface area (Å²) in [5.41, 5.74) is -0.0462. The molecule has 0 bridgehead atoms. The predicted octanol–water partition coefficient (Wildman–Crippen LogP) is 2.81. The zero-order valence-corrected chi connectivity index (χ0v) is 13.8. The zero-order valence-electron chi connectivity index (χ0n) is 13.8. The maximum absolute atomic E-state index is 12.7. The Morgan fingerprint density at radius 3 is 2.61 bits per heavy atom. The van der Waals surface area contributed by atoms with E-state index in [2.05, 4.69) is 10.3 Å². The lowest BCUT2D eigenvalue weighted by Crippen LogP contribution is -2.40. The van der Waals surface area contributed by atoms with Gasteiger partial charge in [0.25, 0.3) is 5.91 Å². The highest BCUT2D eigenvalue weighted by atomic mass is 16.3. The van der Waals surface area contributed by atoms with Crippen molar-refractivity contribution in [1.29, 1.82) is 0 Å². The molecule has 0 spiro atoms. The average Bonchev–Trinajstić information content (AvgIpc) is 2.61. The predicted molar refractivity (Wildman–Crippen MR) is 90.5 cm³/mol. The quantitative estimate of drug-likeness (QED) is 0.896. The van der Waals surface area contributed by atoms with Crippen LogP contribution in [0.25, 0.3) is 0 Å². The van der Waals surface area contributed by atoms with E-state index >= 15 is 0 Å². The Hall–Kier alpha value is -1.62. The van der Waals surface area contributed by atoms with Crippen LogP contribution in [0, 0.1) is 0 Å². The maximum Gasteiger partial charge on any atom is 0.257 e. The Bertz CT molecular complexity index is 535. The molecule has 1 saturated heterocycles. The summed E-state index contributed by atoms with van der Waals surface area (Å²) >= 11 is 0. The van der Waals surface area contributed by atoms with Crippen molar-refractivity contribution in [2.75, 3.05) is 25.0 Å². The molecule has 0 aromatic carbocycles. The number of piperidine rings is 1. The van der Waals surface area contributed by atoms with Crippen LogP contribution in [0.1, 0.15) is 61.7 Å². The van der Waals surface area contributed by atoms with E-state index in [4.69, 9.17) is 0 Å². The van der Waals surface area contributed by atoms with Crippen LogP contribution in [-0.2, 0) is 0 Å². The third-order valence-electron chi connectivity index (χ3n) is 5.05. The number of rotatable bonds is 4. The van der Waals surface area contributed by atoms with E-state index in [-0.39, 0.29) is 5.91 Å². The summed E-state index contributed by atoms with van der Waals surface area (Å²) in [7, 11) is 0. The molecular formula is C18H27N3O2. The Kier molecular flexibility index (Phi) is 5.16. The number of hydrogen-bond acceptors (Lipinski definition) is 4. The summed E-state index contributed by atoms with van der Waals surface area (Å²) in [4.78, 5) is 19.0. The van der Waals surface area contributed by atoms with Crippen molar-refractivity contribution < 1.29 is 9.90 Å². The van der Waals surface area contributed by atoms with Crippen molar-refractivity contribution in [3.8, 4) is 0 Å². The summed E-state index contributed by atoms with van der Waals surface area (Å²) in [5.74, 6) is 0.651. The first-order valence-corrected chi connectivity index (χ1v) is 8.89. The molecule has 2 N–H and O–H groups in total. The molecule has 23 heavy (non-hydrogen) atoms. The number of nitrogens with zero attached hydrogens (tertiary/aromatic N) is 2. The van der Waals surface area contributed by atoms with Gasteiger partial charge in [-0.2, -0.15) is 0 Å². The van der Waals surface area contributed by atoms with Crippen molar-refractivity contribution in [3.63, 3.8) is 0 Å². The lowest BCUT2D eigenvalue weighted by atomic mass is 9.85. The molecular weight excluding hydrogens is 290 g/mol. The van der Waals surface area contributed by atoms with Crippen molar-refractivity contribution >= 4 is 11.7 Å². The van der Waals surface area contributed by atoms with E-state index < -0.39 is 5.60 Å². The number of carbonyl (C=O) groups is 1. The first-order chi connectivity index (χ1) is 11.2. The first kappa shape index (κ1) is 16.2. The number of carbonyl (C=O) groups excluding carboxylic acids is 1. The Labute approximate surface area is 138 Å². The molecule has 1 saturated carbocycles. The van der Waals surface area contributed by atoms with Crippen molar-refractivity contribution in [3.05, 3.63) is 23.9 Å². The fourth-order valence-corrected chi connectivity index (χ4v) is 3.62. The third kappa shape index (κ3) is 4.02. The standard InChI is InChI=1S/C18H27N3O2/c22-17(21-12-5-2-6-13-21)15-8-7-11-19-16(15)20-14-18(23)9-3-1-4-10-18/h7-8,11,23H,1-6,9-10,12-14H2,(H,19,20). The smallest absolute Gasteiger partial charge is 0.257 e. The van der Waals surface area contributed by atoms with E-state index in [1.165, 1.54) is 12.8 Å². The third-order valence-corrected chi connectivity index (χ3v) is 5.05. The van der Waals surface area contributed by atoms with Gasteiger partial charge in [0, 0.05) is 25.8 Å². The van der Waals surface area contributed by atoms with Crippen LogP contribution in [-0.4, -0.2) is 46.1 Å². The molecule has 5 heteroatoms. The minimum atomic E-state index is -0.665. The van der Waals surface area contributed by atoms with Crippen LogP contribution < -0.4 is 5.32 Å². The molecule has 126 valence electrons. The fourth-order valence-electron chi connectivity index (χ4n) is 3.62. The van der Waals surface area contributed by atoms with Crippen LogP contribution in [0.5, 0.6) is 0 Å². The highest BCUT2D eigenvalue weighted by molar-refractivity contribution is 5.98. The van der Waals surface area contributed by atoms with E-state index in [9.17, 15) is 9.90 Å². The van der Waals surface area contributed by atoms with E-state index in [0.29, 0.717) is 17.9 Å². The fraction of sp³-hybridized carbons (Fsp3) is 0.667. The molecule has 1 aliphatic carbocycles. The van der Waals surface area contributed by atoms with Crippen LogP contribution >= 0.6 is 0 Å². The van der Waals surface area contributed by atoms with E-state index in [0.717, 1.165) is 51.6 Å². The Balaban J connectivity index is 1.68. The van der Waals surface area contributed by atoms with Crippen LogP contribution in [0.2, 0.25) is 0 Å². The number of aromatic nitrogens is 1. The second kappa shape index (κ2) is 7.30. The van der Waals surface area contributed by atoms with Crippen molar-refractivity contribution in [2.24, 2.45) is 0 Å². The molecule has 2 aliphatic rings. The molecule has 1 aliphatic heterocycles. The molecule has 0 atom stereocenters. The summed E-state index contributed by atoms with van der Waals surface area (Å²) in [6, 6.07) is 3.63. The van der Waals surface area contributed by atoms with Gasteiger partial charge in [0.05, 0.1) is 11.2 Å². The van der Waals surface area contributed by atoms with Gasteiger partial charge in [0.15, 0.2) is 0 Å². The SMILES string of the molecule is O=C(c1cccnc1NCC1(O)CCCCC1)N1CCCCC1. The second-order valence-electron chi connectivity index (χ2n) is 6.89. The summed E-state index contributed by atoms with van der Waals surface area (Å²) in [6.45, 7) is 2.12. The zero-order chi connectivity index (χ0) is 16.1. The van der Waals surface area contributed by atoms with E-state index in [1.807, 2.05) is 11.0 Å². The molecule has 0 unspecified atom stereocenters. The molecule has 1 aromatic heterocycles. The molecule has 2 fully saturated rings. The summed E-state index contributed by atoms with van der Waals surface area (Å²) < 4.78 is 0. The topological polar surface area (TPSA) is 65.5 Å². The molecule has 0 radical (unpaired) electrons. The van der Waals surface area contributed by atoms with Gasteiger partial charge in [-0.1, -0.05) is 19.3 Å². The van der Waals surface area contributed by atoms with Crippen molar-refractivity contribution in [2.45, 2.75) is 57.0 Å². The molecule has 1 aromatic rings. The van der Waals surface area contributed by atoms with Gasteiger partial charge in [0.1, 0.15) is 5.82 Å². The summed E-state index contributed by atoms with van der Waals surface area (Å²) in [5, 5.41) is 13.9. The largest absolute Gasteiger partial charge is 0.388 e. The lowest BCUT2D eigenvalue weighted by molar-refractivity contribution is 0.0166. The van der Waals surface area contributed by atoms with Gasteiger partial charge < -0.3 is 15.3 Å². The normalized spacial score (nSPS) is 21.0. The second-order valence-corrected chi connectivity index (χ2v) is 6.89. The Morgan fingerprint density at radius 1 is 1.17 bits per heavy atom. The number of likely N-dealkylation sites (tertiary alicyclic amines) is 1. The van der Waals surface area contributed by atoms with Crippen LogP contribution in [0.15, 0.2) is 18.3 Å². The molecule has 3 rings (SSSR count). The van der Waals surface area contributed by atoms with Gasteiger partial charge in [-0.15, -0.1) is 0 Å². The Morgan fingerprint density at radius 2 is 1.87 bits per heavy atom.